The second-order valence-electron chi connectivity index (χ2n) is 4.47. The van der Waals surface area contributed by atoms with Crippen molar-refractivity contribution in [3.8, 4) is 11.3 Å². The Bertz CT molecular complexity index is 736. The van der Waals surface area contributed by atoms with Crippen LogP contribution in [0.2, 0.25) is 0 Å². The highest BCUT2D eigenvalue weighted by atomic mass is 32.1. The Morgan fingerprint density at radius 1 is 1.33 bits per heavy atom. The summed E-state index contributed by atoms with van der Waals surface area (Å²) in [5, 5.41) is 8.78. The summed E-state index contributed by atoms with van der Waals surface area (Å²) in [4.78, 5) is 17.5. The lowest BCUT2D eigenvalue weighted by atomic mass is 10.1. The number of aromatic nitrogens is 2. The van der Waals surface area contributed by atoms with Crippen LogP contribution in [0.15, 0.2) is 46.6 Å². The zero-order valence-corrected chi connectivity index (χ0v) is 12.2. The Morgan fingerprint density at radius 3 is 2.86 bits per heavy atom. The summed E-state index contributed by atoms with van der Waals surface area (Å²) in [7, 11) is 0. The van der Waals surface area contributed by atoms with Crippen LogP contribution in [0.25, 0.3) is 11.3 Å². The SMILES string of the molecule is Cc1noc(-c2ccncc2)c1C(=O)NCc1cccs1. The van der Waals surface area contributed by atoms with Crippen LogP contribution in [0.1, 0.15) is 20.9 Å². The normalized spacial score (nSPS) is 10.5. The quantitative estimate of drug-likeness (QED) is 0.804. The number of thiophene rings is 1. The molecule has 3 rings (SSSR count). The number of nitrogens with one attached hydrogen (secondary N) is 1. The molecule has 0 bridgehead atoms. The van der Waals surface area contributed by atoms with Gasteiger partial charge in [0.05, 0.1) is 12.2 Å². The number of rotatable bonds is 4. The molecule has 106 valence electrons. The fourth-order valence-electron chi connectivity index (χ4n) is 2.01. The number of hydrogen-bond donors (Lipinski definition) is 1. The van der Waals surface area contributed by atoms with Gasteiger partial charge < -0.3 is 9.84 Å². The first-order valence-electron chi connectivity index (χ1n) is 6.43. The fourth-order valence-corrected chi connectivity index (χ4v) is 2.65. The number of aryl methyl sites for hydroxylation is 1. The van der Waals surface area contributed by atoms with Crippen LogP contribution >= 0.6 is 11.3 Å². The van der Waals surface area contributed by atoms with E-state index in [0.29, 0.717) is 23.6 Å². The lowest BCUT2D eigenvalue weighted by Crippen LogP contribution is -2.23. The van der Waals surface area contributed by atoms with Crippen molar-refractivity contribution in [1.29, 1.82) is 0 Å². The van der Waals surface area contributed by atoms with Crippen LogP contribution in [0.4, 0.5) is 0 Å². The molecular formula is C15H13N3O2S. The monoisotopic (exact) mass is 299 g/mol. The highest BCUT2D eigenvalue weighted by Crippen LogP contribution is 2.25. The largest absolute Gasteiger partial charge is 0.355 e. The van der Waals surface area contributed by atoms with E-state index in [9.17, 15) is 4.79 Å². The van der Waals surface area contributed by atoms with E-state index in [1.807, 2.05) is 17.5 Å². The molecule has 1 amide bonds. The average molecular weight is 299 g/mol. The van der Waals surface area contributed by atoms with Crippen LogP contribution in [-0.4, -0.2) is 16.0 Å². The Kier molecular flexibility index (Phi) is 3.79. The van der Waals surface area contributed by atoms with Gasteiger partial charge in [-0.15, -0.1) is 11.3 Å². The Hall–Kier alpha value is -2.47. The molecule has 0 fully saturated rings. The number of nitrogens with zero attached hydrogens (tertiary/aromatic N) is 2. The first-order valence-corrected chi connectivity index (χ1v) is 7.31. The van der Waals surface area contributed by atoms with Gasteiger partial charge >= 0.3 is 0 Å². The van der Waals surface area contributed by atoms with Gasteiger partial charge in [-0.25, -0.2) is 0 Å². The number of hydrogen-bond acceptors (Lipinski definition) is 5. The molecular weight excluding hydrogens is 286 g/mol. The van der Waals surface area contributed by atoms with Crippen molar-refractivity contribution in [2.75, 3.05) is 0 Å². The van der Waals surface area contributed by atoms with Crippen molar-refractivity contribution in [1.82, 2.24) is 15.5 Å². The molecule has 3 heterocycles. The topological polar surface area (TPSA) is 68.0 Å². The van der Waals surface area contributed by atoms with Gasteiger partial charge in [-0.3, -0.25) is 9.78 Å². The van der Waals surface area contributed by atoms with Crippen molar-refractivity contribution in [3.05, 3.63) is 58.2 Å². The van der Waals surface area contributed by atoms with E-state index in [1.54, 1.807) is 42.8 Å². The predicted molar refractivity (Wildman–Crippen MR) is 80.0 cm³/mol. The molecule has 0 aliphatic carbocycles. The Labute approximate surface area is 125 Å². The van der Waals surface area contributed by atoms with E-state index in [4.69, 9.17) is 4.52 Å². The molecule has 0 spiro atoms. The number of carbonyl (C=O) groups excluding carboxylic acids is 1. The molecule has 0 aliphatic heterocycles. The second-order valence-corrected chi connectivity index (χ2v) is 5.50. The summed E-state index contributed by atoms with van der Waals surface area (Å²) in [6.07, 6.45) is 3.31. The minimum Gasteiger partial charge on any atom is -0.355 e. The van der Waals surface area contributed by atoms with Gasteiger partial charge in [-0.2, -0.15) is 0 Å². The highest BCUT2D eigenvalue weighted by Gasteiger charge is 2.21. The molecule has 21 heavy (non-hydrogen) atoms. The van der Waals surface area contributed by atoms with Gasteiger partial charge in [0.15, 0.2) is 5.76 Å². The van der Waals surface area contributed by atoms with Crippen LogP contribution in [0.5, 0.6) is 0 Å². The minimum absolute atomic E-state index is 0.186. The van der Waals surface area contributed by atoms with Gasteiger partial charge in [0.25, 0.3) is 5.91 Å². The zero-order chi connectivity index (χ0) is 14.7. The van der Waals surface area contributed by atoms with Crippen molar-refractivity contribution in [2.24, 2.45) is 0 Å². The maximum absolute atomic E-state index is 12.4. The predicted octanol–water partition coefficient (Wildman–Crippen LogP) is 3.04. The molecule has 0 saturated carbocycles. The third-order valence-corrected chi connectivity index (χ3v) is 3.91. The Morgan fingerprint density at radius 2 is 2.14 bits per heavy atom. The van der Waals surface area contributed by atoms with Crippen molar-refractivity contribution in [2.45, 2.75) is 13.5 Å². The first-order chi connectivity index (χ1) is 10.3. The van der Waals surface area contributed by atoms with Gasteiger partial charge in [0, 0.05) is 22.8 Å². The Balaban J connectivity index is 1.84. The summed E-state index contributed by atoms with van der Waals surface area (Å²) < 4.78 is 5.30. The van der Waals surface area contributed by atoms with E-state index < -0.39 is 0 Å². The summed E-state index contributed by atoms with van der Waals surface area (Å²) in [6.45, 7) is 2.26. The van der Waals surface area contributed by atoms with Gasteiger partial charge in [-0.05, 0) is 30.5 Å². The third kappa shape index (κ3) is 2.85. The average Bonchev–Trinajstić information content (AvgIpc) is 3.15. The highest BCUT2D eigenvalue weighted by molar-refractivity contribution is 7.09. The van der Waals surface area contributed by atoms with Crippen molar-refractivity contribution < 1.29 is 9.32 Å². The summed E-state index contributed by atoms with van der Waals surface area (Å²) in [6, 6.07) is 7.51. The molecule has 1 N–H and O–H groups in total. The fraction of sp³-hybridized carbons (Fsp3) is 0.133. The molecule has 0 saturated heterocycles. The number of pyridine rings is 1. The van der Waals surface area contributed by atoms with Crippen LogP contribution in [0, 0.1) is 6.92 Å². The maximum Gasteiger partial charge on any atom is 0.257 e. The maximum atomic E-state index is 12.4. The van der Waals surface area contributed by atoms with Crippen LogP contribution in [-0.2, 0) is 6.54 Å². The molecule has 5 nitrogen and oxygen atoms in total. The standard InChI is InChI=1S/C15H13N3O2S/c1-10-13(15(19)17-9-12-3-2-8-21-12)14(20-18-10)11-4-6-16-7-5-11/h2-8H,9H2,1H3,(H,17,19). The molecule has 6 heteroatoms. The van der Waals surface area contributed by atoms with Gasteiger partial charge in [0.2, 0.25) is 0 Å². The van der Waals surface area contributed by atoms with E-state index >= 15 is 0 Å². The lowest BCUT2D eigenvalue weighted by molar-refractivity contribution is 0.0951. The molecule has 0 radical (unpaired) electrons. The minimum atomic E-state index is -0.186. The summed E-state index contributed by atoms with van der Waals surface area (Å²) >= 11 is 1.60. The molecule has 0 unspecified atom stereocenters. The lowest BCUT2D eigenvalue weighted by Gasteiger charge is -2.04. The number of amides is 1. The molecule has 3 aromatic heterocycles. The van der Waals surface area contributed by atoms with E-state index in [1.165, 1.54) is 0 Å². The summed E-state index contributed by atoms with van der Waals surface area (Å²) in [5.74, 6) is 0.285. The van der Waals surface area contributed by atoms with E-state index in [-0.39, 0.29) is 5.91 Å². The van der Waals surface area contributed by atoms with Gasteiger partial charge in [-0.1, -0.05) is 11.2 Å². The zero-order valence-electron chi connectivity index (χ0n) is 11.4. The third-order valence-electron chi connectivity index (χ3n) is 3.04. The van der Waals surface area contributed by atoms with Gasteiger partial charge in [0.1, 0.15) is 5.56 Å². The van der Waals surface area contributed by atoms with Crippen LogP contribution in [0.3, 0.4) is 0 Å². The van der Waals surface area contributed by atoms with Crippen molar-refractivity contribution >= 4 is 17.2 Å². The van der Waals surface area contributed by atoms with Crippen LogP contribution < -0.4 is 5.32 Å². The molecule has 0 atom stereocenters. The smallest absolute Gasteiger partial charge is 0.257 e. The molecule has 0 aliphatic rings. The van der Waals surface area contributed by atoms with E-state index in [2.05, 4.69) is 15.5 Å². The molecule has 0 aromatic carbocycles. The number of carbonyl (C=O) groups is 1. The molecule has 3 aromatic rings. The van der Waals surface area contributed by atoms with Crippen molar-refractivity contribution in [3.63, 3.8) is 0 Å². The summed E-state index contributed by atoms with van der Waals surface area (Å²) in [5.41, 5.74) is 1.83. The van der Waals surface area contributed by atoms with E-state index in [0.717, 1.165) is 10.4 Å². The first kappa shape index (κ1) is 13.5. The second kappa shape index (κ2) is 5.88.